The molecule has 1 saturated heterocycles. The lowest BCUT2D eigenvalue weighted by Crippen LogP contribution is -1.98. The van der Waals surface area contributed by atoms with Crippen LogP contribution in [0.5, 0.6) is 0 Å². The van der Waals surface area contributed by atoms with Crippen LogP contribution < -0.4 is 0 Å². The van der Waals surface area contributed by atoms with E-state index in [4.69, 9.17) is 16.3 Å². The molecule has 1 aliphatic heterocycles. The predicted octanol–water partition coefficient (Wildman–Crippen LogP) is 1.01. The van der Waals surface area contributed by atoms with Gasteiger partial charge in [-0.05, 0) is 6.92 Å². The Kier molecular flexibility index (Phi) is 1.02. The Hall–Kier alpha value is 0.250. The molecule has 6 heavy (non-hydrogen) atoms. The molecular formula is C4H7ClO. The Balaban J connectivity index is 2.13. The minimum atomic E-state index is 0.213. The van der Waals surface area contributed by atoms with Gasteiger partial charge in [0, 0.05) is 0 Å². The summed E-state index contributed by atoms with van der Waals surface area (Å²) in [4.78, 5) is 0. The molecule has 0 spiro atoms. The van der Waals surface area contributed by atoms with E-state index >= 15 is 0 Å². The summed E-state index contributed by atoms with van der Waals surface area (Å²) in [5.41, 5.74) is 0. The van der Waals surface area contributed by atoms with E-state index in [-0.39, 0.29) is 5.38 Å². The topological polar surface area (TPSA) is 12.5 Å². The molecule has 0 aliphatic carbocycles. The van der Waals surface area contributed by atoms with Crippen LogP contribution in [0, 0.1) is 0 Å². The zero-order chi connectivity index (χ0) is 4.57. The Morgan fingerprint density at radius 1 is 2.00 bits per heavy atom. The molecule has 0 amide bonds. The first-order valence-electron chi connectivity index (χ1n) is 2.06. The largest absolute Gasteiger partial charge is 0.372 e. The predicted molar refractivity (Wildman–Crippen MR) is 25.1 cm³/mol. The molecule has 0 aromatic carbocycles. The lowest BCUT2D eigenvalue weighted by molar-refractivity contribution is 0.406. The normalized spacial score (nSPS) is 36.0. The molecule has 0 radical (unpaired) electrons. The minimum Gasteiger partial charge on any atom is -0.372 e. The number of ether oxygens (including phenoxy) is 1. The first kappa shape index (κ1) is 4.41. The molecule has 1 nitrogen and oxygen atoms in total. The smallest absolute Gasteiger partial charge is 0.0970 e. The van der Waals surface area contributed by atoms with Gasteiger partial charge in [0.05, 0.1) is 18.1 Å². The monoisotopic (exact) mass is 106 g/mol. The highest BCUT2D eigenvalue weighted by Gasteiger charge is 2.27. The van der Waals surface area contributed by atoms with Crippen LogP contribution in [0.25, 0.3) is 0 Å². The van der Waals surface area contributed by atoms with Gasteiger partial charge < -0.3 is 4.74 Å². The molecule has 1 aliphatic rings. The van der Waals surface area contributed by atoms with Gasteiger partial charge in [-0.2, -0.15) is 0 Å². The third-order valence-corrected chi connectivity index (χ3v) is 1.15. The van der Waals surface area contributed by atoms with Gasteiger partial charge in [-0.1, -0.05) is 0 Å². The molecule has 0 N–H and O–H groups in total. The summed E-state index contributed by atoms with van der Waals surface area (Å²) in [5.74, 6) is 0. The van der Waals surface area contributed by atoms with Gasteiger partial charge in [0.2, 0.25) is 0 Å². The summed E-state index contributed by atoms with van der Waals surface area (Å²) < 4.78 is 4.84. The van der Waals surface area contributed by atoms with Crippen molar-refractivity contribution < 1.29 is 4.74 Å². The van der Waals surface area contributed by atoms with Crippen LogP contribution in [0.15, 0.2) is 0 Å². The quantitative estimate of drug-likeness (QED) is 0.359. The summed E-state index contributed by atoms with van der Waals surface area (Å²) in [6.07, 6.45) is 0.367. The lowest BCUT2D eigenvalue weighted by atomic mass is 10.4. The van der Waals surface area contributed by atoms with Crippen LogP contribution in [0.2, 0.25) is 0 Å². The maximum atomic E-state index is 5.55. The molecule has 0 unspecified atom stereocenters. The summed E-state index contributed by atoms with van der Waals surface area (Å²) in [5, 5.41) is 0.213. The van der Waals surface area contributed by atoms with E-state index in [0.717, 1.165) is 6.61 Å². The van der Waals surface area contributed by atoms with Crippen molar-refractivity contribution >= 4 is 11.6 Å². The zero-order valence-corrected chi connectivity index (χ0v) is 4.40. The molecule has 1 heterocycles. The molecule has 1 rings (SSSR count). The van der Waals surface area contributed by atoms with Crippen LogP contribution in [0.3, 0.4) is 0 Å². The van der Waals surface area contributed by atoms with Crippen molar-refractivity contribution in [1.82, 2.24) is 0 Å². The standard InChI is InChI=1S/C4H7ClO/c1-3(5)4-2-6-4/h3-4H,2H2,1H3/t3-,4-/m1/s1. The maximum Gasteiger partial charge on any atom is 0.0970 e. The molecule has 1 fully saturated rings. The molecule has 0 aromatic heterocycles. The first-order valence-corrected chi connectivity index (χ1v) is 2.50. The second-order valence-corrected chi connectivity index (χ2v) is 2.24. The molecule has 0 saturated carbocycles. The Labute approximate surface area is 42.2 Å². The van der Waals surface area contributed by atoms with Gasteiger partial charge in [-0.3, -0.25) is 0 Å². The summed E-state index contributed by atoms with van der Waals surface area (Å²) in [6, 6.07) is 0. The fourth-order valence-electron chi connectivity index (χ4n) is 0.321. The molecule has 2 atom stereocenters. The average molecular weight is 107 g/mol. The zero-order valence-electron chi connectivity index (χ0n) is 3.65. The van der Waals surface area contributed by atoms with Gasteiger partial charge in [0.25, 0.3) is 0 Å². The van der Waals surface area contributed by atoms with Crippen molar-refractivity contribution in [3.63, 3.8) is 0 Å². The van der Waals surface area contributed by atoms with Crippen LogP contribution in [-0.2, 0) is 4.74 Å². The Morgan fingerprint density at radius 2 is 2.50 bits per heavy atom. The molecule has 36 valence electrons. The Morgan fingerprint density at radius 3 is 2.50 bits per heavy atom. The SMILES string of the molecule is C[C@@H](Cl)[C@H]1CO1. The van der Waals surface area contributed by atoms with Crippen molar-refractivity contribution in [2.24, 2.45) is 0 Å². The Bertz CT molecular complexity index is 49.5. The second-order valence-electron chi connectivity index (χ2n) is 1.55. The van der Waals surface area contributed by atoms with Crippen molar-refractivity contribution in [3.8, 4) is 0 Å². The van der Waals surface area contributed by atoms with E-state index in [1.54, 1.807) is 0 Å². The highest BCUT2D eigenvalue weighted by Crippen LogP contribution is 2.17. The van der Waals surface area contributed by atoms with E-state index in [2.05, 4.69) is 0 Å². The summed E-state index contributed by atoms with van der Waals surface area (Å²) in [7, 11) is 0. The lowest BCUT2D eigenvalue weighted by Gasteiger charge is -1.88. The van der Waals surface area contributed by atoms with Crippen molar-refractivity contribution in [3.05, 3.63) is 0 Å². The molecule has 0 bridgehead atoms. The van der Waals surface area contributed by atoms with E-state index < -0.39 is 0 Å². The first-order chi connectivity index (χ1) is 2.80. The fraction of sp³-hybridized carbons (Fsp3) is 1.00. The number of alkyl halides is 1. The van der Waals surface area contributed by atoms with Crippen LogP contribution in [0.4, 0.5) is 0 Å². The third-order valence-electron chi connectivity index (χ3n) is 0.871. The van der Waals surface area contributed by atoms with Crippen molar-refractivity contribution in [2.75, 3.05) is 6.61 Å². The van der Waals surface area contributed by atoms with E-state index in [0.29, 0.717) is 6.10 Å². The van der Waals surface area contributed by atoms with Gasteiger partial charge >= 0.3 is 0 Å². The van der Waals surface area contributed by atoms with E-state index in [1.165, 1.54) is 0 Å². The van der Waals surface area contributed by atoms with Crippen molar-refractivity contribution in [1.29, 1.82) is 0 Å². The number of hydrogen-bond donors (Lipinski definition) is 0. The molecule has 2 heteroatoms. The minimum absolute atomic E-state index is 0.213. The van der Waals surface area contributed by atoms with Gasteiger partial charge in [-0.25, -0.2) is 0 Å². The second kappa shape index (κ2) is 1.39. The van der Waals surface area contributed by atoms with E-state index in [1.807, 2.05) is 6.92 Å². The van der Waals surface area contributed by atoms with E-state index in [9.17, 15) is 0 Å². The highest BCUT2D eigenvalue weighted by molar-refractivity contribution is 6.20. The van der Waals surface area contributed by atoms with Crippen LogP contribution >= 0.6 is 11.6 Å². The van der Waals surface area contributed by atoms with Gasteiger partial charge in [-0.15, -0.1) is 11.6 Å². The average Bonchev–Trinajstić information content (AvgIpc) is 2.06. The molecule has 0 aromatic rings. The highest BCUT2D eigenvalue weighted by atomic mass is 35.5. The molecular weight excluding hydrogens is 99.5 g/mol. The van der Waals surface area contributed by atoms with Crippen LogP contribution in [0.1, 0.15) is 6.92 Å². The fourth-order valence-corrected chi connectivity index (χ4v) is 0.466. The number of rotatable bonds is 1. The summed E-state index contributed by atoms with van der Waals surface area (Å²) >= 11 is 5.55. The third kappa shape index (κ3) is 0.854. The number of hydrogen-bond acceptors (Lipinski definition) is 1. The van der Waals surface area contributed by atoms with Gasteiger partial charge in [0.15, 0.2) is 0 Å². The number of halogens is 1. The van der Waals surface area contributed by atoms with Gasteiger partial charge in [0.1, 0.15) is 0 Å². The van der Waals surface area contributed by atoms with Crippen LogP contribution in [-0.4, -0.2) is 18.1 Å². The summed E-state index contributed by atoms with van der Waals surface area (Å²) in [6.45, 7) is 2.81. The van der Waals surface area contributed by atoms with Crippen molar-refractivity contribution in [2.45, 2.75) is 18.4 Å². The number of epoxide rings is 1. The maximum absolute atomic E-state index is 5.55.